The van der Waals surface area contributed by atoms with Gasteiger partial charge in [0.2, 0.25) is 0 Å². The molecule has 3 nitrogen and oxygen atoms in total. The highest BCUT2D eigenvalue weighted by Crippen LogP contribution is 2.40. The Morgan fingerprint density at radius 3 is 2.33 bits per heavy atom. The second kappa shape index (κ2) is 5.30. The molecule has 0 atom stereocenters. The van der Waals surface area contributed by atoms with Crippen LogP contribution in [0.4, 0.5) is 0 Å². The number of nitrogens with one attached hydrogen (secondary N) is 1. The fourth-order valence-corrected chi connectivity index (χ4v) is 2.91. The molecule has 0 heterocycles. The fraction of sp³-hybridized carbons (Fsp3) is 1.00. The third-order valence-corrected chi connectivity index (χ3v) is 4.51. The third kappa shape index (κ3) is 4.51. The van der Waals surface area contributed by atoms with Gasteiger partial charge in [0.15, 0.2) is 0 Å². The second-order valence-corrected chi connectivity index (χ2v) is 7.13. The maximum Gasteiger partial charge on any atom is 0.148 e. The Morgan fingerprint density at radius 1 is 1.27 bits per heavy atom. The number of rotatable bonds is 6. The molecule has 1 aliphatic rings. The first-order valence-electron chi connectivity index (χ1n) is 5.86. The molecule has 90 valence electrons. The van der Waals surface area contributed by atoms with Gasteiger partial charge in [0.25, 0.3) is 0 Å². The molecule has 1 N–H and O–H groups in total. The summed E-state index contributed by atoms with van der Waals surface area (Å²) in [7, 11) is -2.81. The number of hydrogen-bond donors (Lipinski definition) is 1. The summed E-state index contributed by atoms with van der Waals surface area (Å²) in [6.07, 6.45) is 7.77. The van der Waals surface area contributed by atoms with E-state index in [0.29, 0.717) is 12.0 Å². The van der Waals surface area contributed by atoms with E-state index < -0.39 is 9.84 Å². The molecule has 0 aromatic heterocycles. The first-order valence-corrected chi connectivity index (χ1v) is 7.92. The SMILES string of the molecule is CCC1(CNCCS(C)(=O)=O)CCCC1. The highest BCUT2D eigenvalue weighted by Gasteiger charge is 2.31. The van der Waals surface area contributed by atoms with Gasteiger partial charge in [-0.1, -0.05) is 19.8 Å². The summed E-state index contributed by atoms with van der Waals surface area (Å²) in [5, 5.41) is 3.30. The highest BCUT2D eigenvalue weighted by molar-refractivity contribution is 7.90. The van der Waals surface area contributed by atoms with E-state index in [9.17, 15) is 8.42 Å². The molecule has 0 radical (unpaired) electrons. The number of sulfone groups is 1. The van der Waals surface area contributed by atoms with Crippen LogP contribution < -0.4 is 5.32 Å². The monoisotopic (exact) mass is 233 g/mol. The molecule has 0 unspecified atom stereocenters. The first kappa shape index (κ1) is 13.0. The van der Waals surface area contributed by atoms with Gasteiger partial charge in [0, 0.05) is 19.3 Å². The maximum absolute atomic E-state index is 10.9. The van der Waals surface area contributed by atoms with Crippen LogP contribution in [0.3, 0.4) is 0 Å². The summed E-state index contributed by atoms with van der Waals surface area (Å²) in [4.78, 5) is 0. The van der Waals surface area contributed by atoms with E-state index >= 15 is 0 Å². The fourth-order valence-electron chi connectivity index (χ4n) is 2.39. The van der Waals surface area contributed by atoms with Crippen LogP contribution in [-0.2, 0) is 9.84 Å². The zero-order chi connectivity index (χ0) is 11.4. The van der Waals surface area contributed by atoms with Gasteiger partial charge in [-0.15, -0.1) is 0 Å². The smallest absolute Gasteiger partial charge is 0.148 e. The predicted molar refractivity (Wildman–Crippen MR) is 63.8 cm³/mol. The van der Waals surface area contributed by atoms with Gasteiger partial charge >= 0.3 is 0 Å². The lowest BCUT2D eigenvalue weighted by atomic mass is 9.83. The molecule has 15 heavy (non-hydrogen) atoms. The Bertz CT molecular complexity index is 279. The van der Waals surface area contributed by atoms with Crippen LogP contribution in [0.1, 0.15) is 39.0 Å². The van der Waals surface area contributed by atoms with Crippen molar-refractivity contribution in [2.24, 2.45) is 5.41 Å². The zero-order valence-corrected chi connectivity index (χ0v) is 10.7. The van der Waals surface area contributed by atoms with Gasteiger partial charge in [0.1, 0.15) is 9.84 Å². The lowest BCUT2D eigenvalue weighted by Crippen LogP contribution is -2.34. The van der Waals surface area contributed by atoms with Crippen LogP contribution in [0.2, 0.25) is 0 Å². The summed E-state index contributed by atoms with van der Waals surface area (Å²) < 4.78 is 21.9. The van der Waals surface area contributed by atoms with Crippen LogP contribution in [-0.4, -0.2) is 33.5 Å². The minimum absolute atomic E-state index is 0.257. The number of hydrogen-bond acceptors (Lipinski definition) is 3. The molecule has 0 aromatic rings. The Hall–Kier alpha value is -0.0900. The van der Waals surface area contributed by atoms with Crippen LogP contribution in [0.15, 0.2) is 0 Å². The molecular weight excluding hydrogens is 210 g/mol. The summed E-state index contributed by atoms with van der Waals surface area (Å²) in [6.45, 7) is 3.82. The van der Waals surface area contributed by atoms with E-state index in [2.05, 4.69) is 12.2 Å². The van der Waals surface area contributed by atoms with Crippen molar-refractivity contribution in [1.29, 1.82) is 0 Å². The molecule has 1 rings (SSSR count). The molecule has 1 aliphatic carbocycles. The minimum Gasteiger partial charge on any atom is -0.315 e. The van der Waals surface area contributed by atoms with E-state index in [-0.39, 0.29) is 5.75 Å². The maximum atomic E-state index is 10.9. The molecule has 0 saturated heterocycles. The van der Waals surface area contributed by atoms with E-state index in [1.807, 2.05) is 0 Å². The summed E-state index contributed by atoms with van der Waals surface area (Å²) in [5.74, 6) is 0.257. The van der Waals surface area contributed by atoms with Crippen molar-refractivity contribution in [2.45, 2.75) is 39.0 Å². The molecule has 0 bridgehead atoms. The molecular formula is C11H23NO2S. The predicted octanol–water partition coefficient (Wildman–Crippen LogP) is 1.59. The third-order valence-electron chi connectivity index (χ3n) is 3.56. The van der Waals surface area contributed by atoms with Crippen LogP contribution in [0.25, 0.3) is 0 Å². The molecule has 0 aliphatic heterocycles. The average Bonchev–Trinajstić information content (AvgIpc) is 2.60. The van der Waals surface area contributed by atoms with Crippen LogP contribution in [0.5, 0.6) is 0 Å². The van der Waals surface area contributed by atoms with Crippen LogP contribution in [0, 0.1) is 5.41 Å². The van der Waals surface area contributed by atoms with Crippen molar-refractivity contribution in [2.75, 3.05) is 25.1 Å². The van der Waals surface area contributed by atoms with Gasteiger partial charge in [-0.3, -0.25) is 0 Å². The summed E-state index contributed by atoms with van der Waals surface area (Å²) in [5.41, 5.74) is 0.456. The molecule has 0 spiro atoms. The van der Waals surface area contributed by atoms with Crippen molar-refractivity contribution < 1.29 is 8.42 Å². The van der Waals surface area contributed by atoms with Crippen molar-refractivity contribution in [3.05, 3.63) is 0 Å². The Kier molecular flexibility index (Phi) is 4.59. The van der Waals surface area contributed by atoms with Crippen molar-refractivity contribution in [3.63, 3.8) is 0 Å². The lowest BCUT2D eigenvalue weighted by Gasteiger charge is -2.27. The first-order chi connectivity index (χ1) is 6.97. The van der Waals surface area contributed by atoms with Gasteiger partial charge in [-0.05, 0) is 24.7 Å². The van der Waals surface area contributed by atoms with Gasteiger partial charge < -0.3 is 5.32 Å². The Balaban J connectivity index is 2.24. The van der Waals surface area contributed by atoms with Crippen LogP contribution >= 0.6 is 0 Å². The summed E-state index contributed by atoms with van der Waals surface area (Å²) >= 11 is 0. The lowest BCUT2D eigenvalue weighted by molar-refractivity contribution is 0.271. The average molecular weight is 233 g/mol. The normalized spacial score (nSPS) is 20.7. The molecule has 1 fully saturated rings. The van der Waals surface area contributed by atoms with Gasteiger partial charge in [-0.25, -0.2) is 8.42 Å². The van der Waals surface area contributed by atoms with Crippen molar-refractivity contribution in [1.82, 2.24) is 5.32 Å². The quantitative estimate of drug-likeness (QED) is 0.709. The molecule has 0 aromatic carbocycles. The highest BCUT2D eigenvalue weighted by atomic mass is 32.2. The van der Waals surface area contributed by atoms with Crippen molar-refractivity contribution in [3.8, 4) is 0 Å². The molecule has 1 saturated carbocycles. The second-order valence-electron chi connectivity index (χ2n) is 4.87. The van der Waals surface area contributed by atoms with E-state index in [4.69, 9.17) is 0 Å². The standard InChI is InChI=1S/C11H23NO2S/c1-3-11(6-4-5-7-11)10-12-8-9-15(2,13)14/h12H,3-10H2,1-2H3. The summed E-state index contributed by atoms with van der Waals surface area (Å²) in [6, 6.07) is 0. The topological polar surface area (TPSA) is 46.2 Å². The van der Waals surface area contributed by atoms with Gasteiger partial charge in [0.05, 0.1) is 5.75 Å². The minimum atomic E-state index is -2.81. The zero-order valence-electron chi connectivity index (χ0n) is 9.88. The van der Waals surface area contributed by atoms with E-state index in [1.54, 1.807) is 0 Å². The molecule has 4 heteroatoms. The van der Waals surface area contributed by atoms with Crippen molar-refractivity contribution >= 4 is 9.84 Å². The Morgan fingerprint density at radius 2 is 1.87 bits per heavy atom. The van der Waals surface area contributed by atoms with Gasteiger partial charge in [-0.2, -0.15) is 0 Å². The Labute approximate surface area is 93.6 Å². The van der Waals surface area contributed by atoms with E-state index in [1.165, 1.54) is 38.4 Å². The largest absolute Gasteiger partial charge is 0.315 e. The molecule has 0 amide bonds. The van der Waals surface area contributed by atoms with E-state index in [0.717, 1.165) is 6.54 Å².